The fourth-order valence-electron chi connectivity index (χ4n) is 2.36. The molecule has 1 saturated carbocycles. The summed E-state index contributed by atoms with van der Waals surface area (Å²) in [7, 11) is 0. The van der Waals surface area contributed by atoms with Gasteiger partial charge >= 0.3 is 0 Å². The Kier molecular flexibility index (Phi) is 6.20. The normalized spacial score (nSPS) is 29.6. The van der Waals surface area contributed by atoms with E-state index in [0.717, 1.165) is 13.2 Å². The first-order valence-electron chi connectivity index (χ1n) is 6.23. The summed E-state index contributed by atoms with van der Waals surface area (Å²) in [6.07, 6.45) is 8.49. The standard InChI is InChI=1S/C12H25NO/c1-3-13-11-9-7-5-6-8-10-12(11)14-4-2/h11-13H,3-10H2,1-2H3/t11-,12-/m0/s1. The Bertz CT molecular complexity index is 122. The van der Waals surface area contributed by atoms with Crippen molar-refractivity contribution in [3.63, 3.8) is 0 Å². The number of rotatable bonds is 4. The number of hydrogen-bond donors (Lipinski definition) is 1. The molecule has 1 rings (SSSR count). The molecule has 0 aliphatic heterocycles. The molecule has 1 aliphatic rings. The molecule has 0 amide bonds. The first-order chi connectivity index (χ1) is 6.88. The lowest BCUT2D eigenvalue weighted by molar-refractivity contribution is 0.0213. The van der Waals surface area contributed by atoms with Crippen molar-refractivity contribution in [1.29, 1.82) is 0 Å². The molecule has 0 heterocycles. The summed E-state index contributed by atoms with van der Waals surface area (Å²) in [6.45, 7) is 6.20. The molecule has 1 fully saturated rings. The lowest BCUT2D eigenvalue weighted by Crippen LogP contribution is -2.42. The van der Waals surface area contributed by atoms with E-state index in [2.05, 4.69) is 19.2 Å². The van der Waals surface area contributed by atoms with Crippen LogP contribution in [0.15, 0.2) is 0 Å². The molecule has 0 spiro atoms. The Labute approximate surface area is 88.4 Å². The quantitative estimate of drug-likeness (QED) is 0.751. The van der Waals surface area contributed by atoms with Crippen LogP contribution >= 0.6 is 0 Å². The maximum absolute atomic E-state index is 5.82. The lowest BCUT2D eigenvalue weighted by Gasteiger charge is -2.29. The van der Waals surface area contributed by atoms with E-state index in [1.165, 1.54) is 38.5 Å². The van der Waals surface area contributed by atoms with Crippen LogP contribution in [0.25, 0.3) is 0 Å². The van der Waals surface area contributed by atoms with Gasteiger partial charge in [0.25, 0.3) is 0 Å². The molecule has 0 unspecified atom stereocenters. The van der Waals surface area contributed by atoms with Gasteiger partial charge in [0.2, 0.25) is 0 Å². The average molecular weight is 199 g/mol. The zero-order chi connectivity index (χ0) is 10.2. The second kappa shape index (κ2) is 7.24. The first-order valence-corrected chi connectivity index (χ1v) is 6.23. The predicted octanol–water partition coefficient (Wildman–Crippen LogP) is 2.72. The minimum atomic E-state index is 0.459. The molecule has 0 bridgehead atoms. The second-order valence-electron chi connectivity index (χ2n) is 4.15. The number of nitrogens with one attached hydrogen (secondary N) is 1. The third-order valence-corrected chi connectivity index (χ3v) is 3.05. The molecule has 2 nitrogen and oxygen atoms in total. The Morgan fingerprint density at radius 2 is 1.79 bits per heavy atom. The van der Waals surface area contributed by atoms with Crippen LogP contribution in [0.5, 0.6) is 0 Å². The van der Waals surface area contributed by atoms with Gasteiger partial charge in [-0.1, -0.05) is 32.6 Å². The Balaban J connectivity index is 2.42. The topological polar surface area (TPSA) is 21.3 Å². The van der Waals surface area contributed by atoms with Gasteiger partial charge in [0.1, 0.15) is 0 Å². The van der Waals surface area contributed by atoms with E-state index in [4.69, 9.17) is 4.74 Å². The summed E-state index contributed by atoms with van der Waals surface area (Å²) >= 11 is 0. The Morgan fingerprint density at radius 1 is 1.07 bits per heavy atom. The molecule has 1 N–H and O–H groups in total. The molecular formula is C12H25NO. The summed E-state index contributed by atoms with van der Waals surface area (Å²) in [6, 6.07) is 0.597. The second-order valence-corrected chi connectivity index (χ2v) is 4.15. The largest absolute Gasteiger partial charge is 0.377 e. The van der Waals surface area contributed by atoms with Gasteiger partial charge < -0.3 is 10.1 Å². The first kappa shape index (κ1) is 12.0. The van der Waals surface area contributed by atoms with Crippen LogP contribution < -0.4 is 5.32 Å². The van der Waals surface area contributed by atoms with Crippen LogP contribution in [-0.4, -0.2) is 25.3 Å². The Morgan fingerprint density at radius 3 is 2.43 bits per heavy atom. The molecule has 2 heteroatoms. The summed E-state index contributed by atoms with van der Waals surface area (Å²) in [4.78, 5) is 0. The minimum absolute atomic E-state index is 0.459. The molecule has 0 saturated heterocycles. The lowest BCUT2D eigenvalue weighted by atomic mass is 9.94. The molecule has 0 radical (unpaired) electrons. The van der Waals surface area contributed by atoms with Crippen LogP contribution in [0.3, 0.4) is 0 Å². The highest BCUT2D eigenvalue weighted by Gasteiger charge is 2.21. The van der Waals surface area contributed by atoms with Crippen molar-refractivity contribution in [3.8, 4) is 0 Å². The van der Waals surface area contributed by atoms with E-state index in [-0.39, 0.29) is 0 Å². The summed E-state index contributed by atoms with van der Waals surface area (Å²) in [5.41, 5.74) is 0. The molecule has 0 aromatic carbocycles. The van der Waals surface area contributed by atoms with Gasteiger partial charge in [0, 0.05) is 12.6 Å². The minimum Gasteiger partial charge on any atom is -0.377 e. The van der Waals surface area contributed by atoms with Crippen LogP contribution in [0, 0.1) is 0 Å². The summed E-state index contributed by atoms with van der Waals surface area (Å²) in [5.74, 6) is 0. The predicted molar refractivity (Wildman–Crippen MR) is 60.6 cm³/mol. The van der Waals surface area contributed by atoms with Crippen molar-refractivity contribution < 1.29 is 4.74 Å². The van der Waals surface area contributed by atoms with E-state index in [1.54, 1.807) is 0 Å². The molecule has 2 atom stereocenters. The SMILES string of the molecule is CCN[C@H]1CCCCCC[C@@H]1OCC. The summed E-state index contributed by atoms with van der Waals surface area (Å²) < 4.78 is 5.82. The van der Waals surface area contributed by atoms with E-state index in [1.807, 2.05) is 0 Å². The highest BCUT2D eigenvalue weighted by Crippen LogP contribution is 2.20. The van der Waals surface area contributed by atoms with Gasteiger partial charge in [-0.15, -0.1) is 0 Å². The average Bonchev–Trinajstić information content (AvgIpc) is 2.16. The van der Waals surface area contributed by atoms with Crippen LogP contribution in [0.4, 0.5) is 0 Å². The maximum Gasteiger partial charge on any atom is 0.0727 e. The maximum atomic E-state index is 5.82. The summed E-state index contributed by atoms with van der Waals surface area (Å²) in [5, 5.41) is 3.56. The zero-order valence-electron chi connectivity index (χ0n) is 9.72. The van der Waals surface area contributed by atoms with Gasteiger partial charge in [0.15, 0.2) is 0 Å². The smallest absolute Gasteiger partial charge is 0.0727 e. The molecule has 1 aliphatic carbocycles. The third kappa shape index (κ3) is 3.97. The fraction of sp³-hybridized carbons (Fsp3) is 1.00. The van der Waals surface area contributed by atoms with Crippen LogP contribution in [0.1, 0.15) is 52.4 Å². The van der Waals surface area contributed by atoms with E-state index in [0.29, 0.717) is 12.1 Å². The third-order valence-electron chi connectivity index (χ3n) is 3.05. The van der Waals surface area contributed by atoms with Crippen molar-refractivity contribution in [2.75, 3.05) is 13.2 Å². The van der Waals surface area contributed by atoms with Gasteiger partial charge in [0.05, 0.1) is 6.10 Å². The van der Waals surface area contributed by atoms with E-state index in [9.17, 15) is 0 Å². The molecule has 0 aromatic rings. The molecule has 14 heavy (non-hydrogen) atoms. The number of hydrogen-bond acceptors (Lipinski definition) is 2. The van der Waals surface area contributed by atoms with Crippen molar-refractivity contribution in [1.82, 2.24) is 5.32 Å². The van der Waals surface area contributed by atoms with Crippen molar-refractivity contribution in [2.45, 2.75) is 64.5 Å². The Hall–Kier alpha value is -0.0800. The highest BCUT2D eigenvalue weighted by atomic mass is 16.5. The van der Waals surface area contributed by atoms with E-state index >= 15 is 0 Å². The molecular weight excluding hydrogens is 174 g/mol. The highest BCUT2D eigenvalue weighted by molar-refractivity contribution is 4.78. The number of likely N-dealkylation sites (N-methyl/N-ethyl adjacent to an activating group) is 1. The molecule has 0 aromatic heterocycles. The van der Waals surface area contributed by atoms with Gasteiger partial charge in [-0.05, 0) is 26.3 Å². The fourth-order valence-corrected chi connectivity index (χ4v) is 2.36. The van der Waals surface area contributed by atoms with Crippen molar-refractivity contribution in [2.24, 2.45) is 0 Å². The molecule has 84 valence electrons. The number of ether oxygens (including phenoxy) is 1. The monoisotopic (exact) mass is 199 g/mol. The van der Waals surface area contributed by atoms with Gasteiger partial charge in [-0.25, -0.2) is 0 Å². The van der Waals surface area contributed by atoms with Gasteiger partial charge in [-0.3, -0.25) is 0 Å². The van der Waals surface area contributed by atoms with Crippen LogP contribution in [-0.2, 0) is 4.74 Å². The zero-order valence-corrected chi connectivity index (χ0v) is 9.72. The van der Waals surface area contributed by atoms with E-state index < -0.39 is 0 Å². The van der Waals surface area contributed by atoms with Crippen molar-refractivity contribution >= 4 is 0 Å². The van der Waals surface area contributed by atoms with Crippen molar-refractivity contribution in [3.05, 3.63) is 0 Å². The van der Waals surface area contributed by atoms with Crippen LogP contribution in [0.2, 0.25) is 0 Å². The van der Waals surface area contributed by atoms with Gasteiger partial charge in [-0.2, -0.15) is 0 Å².